The molecule has 0 unspecified atom stereocenters. The quantitative estimate of drug-likeness (QED) is 0.728. The molecular formula is C12H8Cl4N2. The summed E-state index contributed by atoms with van der Waals surface area (Å²) < 4.78 is 0. The lowest BCUT2D eigenvalue weighted by atomic mass is 10.1. The zero-order chi connectivity index (χ0) is 13.3. The largest absolute Gasteiger partial charge is 0.220 e. The van der Waals surface area contributed by atoms with E-state index in [0.29, 0.717) is 38.2 Å². The van der Waals surface area contributed by atoms with Gasteiger partial charge in [0.25, 0.3) is 0 Å². The Morgan fingerprint density at radius 3 is 2.11 bits per heavy atom. The molecule has 0 atom stereocenters. The number of rotatable bonds is 2. The van der Waals surface area contributed by atoms with Crippen molar-refractivity contribution < 1.29 is 0 Å². The van der Waals surface area contributed by atoms with Crippen LogP contribution in [-0.2, 0) is 6.42 Å². The molecule has 2 nitrogen and oxygen atoms in total. The fraction of sp³-hybridized carbons (Fsp3) is 0.167. The van der Waals surface area contributed by atoms with Crippen molar-refractivity contribution in [1.29, 1.82) is 0 Å². The van der Waals surface area contributed by atoms with Crippen LogP contribution in [0.2, 0.25) is 20.4 Å². The fourth-order valence-electron chi connectivity index (χ4n) is 1.42. The van der Waals surface area contributed by atoms with E-state index in [0.717, 1.165) is 5.56 Å². The highest BCUT2D eigenvalue weighted by Crippen LogP contribution is 2.25. The van der Waals surface area contributed by atoms with Gasteiger partial charge in [-0.1, -0.05) is 52.5 Å². The second-order valence-corrected chi connectivity index (χ2v) is 5.30. The molecule has 0 spiro atoms. The third-order valence-electron chi connectivity index (χ3n) is 2.42. The normalized spacial score (nSPS) is 10.7. The van der Waals surface area contributed by atoms with E-state index in [1.54, 1.807) is 19.1 Å². The monoisotopic (exact) mass is 320 g/mol. The first-order valence-corrected chi connectivity index (χ1v) is 6.61. The Morgan fingerprint density at radius 2 is 1.56 bits per heavy atom. The number of halogens is 4. The van der Waals surface area contributed by atoms with Gasteiger partial charge in [-0.3, -0.25) is 0 Å². The highest BCUT2D eigenvalue weighted by atomic mass is 35.5. The van der Waals surface area contributed by atoms with Crippen LogP contribution < -0.4 is 0 Å². The molecular weight excluding hydrogens is 314 g/mol. The highest BCUT2D eigenvalue weighted by Gasteiger charge is 2.09. The maximum Gasteiger partial charge on any atom is 0.137 e. The molecule has 0 aliphatic rings. The second kappa shape index (κ2) is 5.62. The van der Waals surface area contributed by atoms with Crippen LogP contribution in [0.25, 0.3) is 0 Å². The molecule has 0 aliphatic carbocycles. The summed E-state index contributed by atoms with van der Waals surface area (Å²) in [5.74, 6) is 0.550. The minimum atomic E-state index is 0.366. The first-order valence-electron chi connectivity index (χ1n) is 5.10. The molecule has 1 heterocycles. The lowest BCUT2D eigenvalue weighted by Crippen LogP contribution is -1.99. The van der Waals surface area contributed by atoms with Crippen molar-refractivity contribution in [2.45, 2.75) is 13.3 Å². The molecule has 0 saturated heterocycles. The minimum Gasteiger partial charge on any atom is -0.220 e. The Bertz CT molecular complexity index is 576. The van der Waals surface area contributed by atoms with Gasteiger partial charge in [-0.2, -0.15) is 0 Å². The van der Waals surface area contributed by atoms with Crippen molar-refractivity contribution in [2.75, 3.05) is 0 Å². The topological polar surface area (TPSA) is 25.8 Å². The molecule has 0 radical (unpaired) electrons. The fourth-order valence-corrected chi connectivity index (χ4v) is 2.16. The van der Waals surface area contributed by atoms with Crippen LogP contribution in [0.4, 0.5) is 0 Å². The van der Waals surface area contributed by atoms with Gasteiger partial charge in [0.1, 0.15) is 16.1 Å². The molecule has 0 fully saturated rings. The SMILES string of the molecule is Cc1c(Cl)nc(Cc2ccc(Cl)c(Cl)c2)nc1Cl. The summed E-state index contributed by atoms with van der Waals surface area (Å²) in [6.45, 7) is 1.77. The molecule has 6 heteroatoms. The molecule has 0 amide bonds. The first-order chi connectivity index (χ1) is 8.47. The van der Waals surface area contributed by atoms with E-state index in [1.807, 2.05) is 6.07 Å². The zero-order valence-corrected chi connectivity index (χ0v) is 12.4. The van der Waals surface area contributed by atoms with Crippen LogP contribution in [0.15, 0.2) is 18.2 Å². The van der Waals surface area contributed by atoms with Crippen molar-refractivity contribution in [3.63, 3.8) is 0 Å². The van der Waals surface area contributed by atoms with Crippen molar-refractivity contribution >= 4 is 46.4 Å². The lowest BCUT2D eigenvalue weighted by Gasteiger charge is -2.05. The Labute approximate surface area is 125 Å². The summed E-state index contributed by atoms with van der Waals surface area (Å²) >= 11 is 23.7. The van der Waals surface area contributed by atoms with E-state index in [9.17, 15) is 0 Å². The summed E-state index contributed by atoms with van der Waals surface area (Å²) in [6.07, 6.45) is 0.497. The van der Waals surface area contributed by atoms with Crippen LogP contribution in [0.5, 0.6) is 0 Å². The maximum absolute atomic E-state index is 5.96. The van der Waals surface area contributed by atoms with Gasteiger partial charge in [0.05, 0.1) is 10.0 Å². The van der Waals surface area contributed by atoms with Gasteiger partial charge in [-0.25, -0.2) is 9.97 Å². The van der Waals surface area contributed by atoms with Gasteiger partial charge in [-0.15, -0.1) is 0 Å². The smallest absolute Gasteiger partial charge is 0.137 e. The van der Waals surface area contributed by atoms with Gasteiger partial charge in [0.2, 0.25) is 0 Å². The molecule has 2 rings (SSSR count). The van der Waals surface area contributed by atoms with Gasteiger partial charge in [0, 0.05) is 12.0 Å². The Balaban J connectivity index is 2.31. The molecule has 1 aromatic carbocycles. The molecule has 94 valence electrons. The van der Waals surface area contributed by atoms with E-state index in [2.05, 4.69) is 9.97 Å². The number of nitrogens with zero attached hydrogens (tertiary/aromatic N) is 2. The van der Waals surface area contributed by atoms with Crippen molar-refractivity contribution in [3.05, 3.63) is 55.5 Å². The third-order valence-corrected chi connectivity index (χ3v) is 3.89. The Morgan fingerprint density at radius 1 is 0.944 bits per heavy atom. The summed E-state index contributed by atoms with van der Waals surface area (Å²) in [5, 5.41) is 1.75. The minimum absolute atomic E-state index is 0.366. The Hall–Kier alpha value is -0.540. The average molecular weight is 322 g/mol. The average Bonchev–Trinajstić information content (AvgIpc) is 2.31. The first kappa shape index (κ1) is 13.9. The maximum atomic E-state index is 5.96. The van der Waals surface area contributed by atoms with Crippen molar-refractivity contribution in [2.24, 2.45) is 0 Å². The molecule has 0 aliphatic heterocycles. The molecule has 18 heavy (non-hydrogen) atoms. The molecule has 2 aromatic rings. The number of aromatic nitrogens is 2. The van der Waals surface area contributed by atoms with Crippen LogP contribution in [0.1, 0.15) is 17.0 Å². The standard InChI is InChI=1S/C12H8Cl4N2/c1-6-11(15)17-10(18-12(6)16)5-7-2-3-8(13)9(14)4-7/h2-4H,5H2,1H3. The van der Waals surface area contributed by atoms with Crippen LogP contribution in [0, 0.1) is 6.92 Å². The molecule has 0 saturated carbocycles. The van der Waals surface area contributed by atoms with E-state index < -0.39 is 0 Å². The summed E-state index contributed by atoms with van der Waals surface area (Å²) in [7, 11) is 0. The number of hydrogen-bond acceptors (Lipinski definition) is 2. The molecule has 0 bridgehead atoms. The van der Waals surface area contributed by atoms with Gasteiger partial charge in [0.15, 0.2) is 0 Å². The van der Waals surface area contributed by atoms with Crippen molar-refractivity contribution in [3.8, 4) is 0 Å². The van der Waals surface area contributed by atoms with E-state index in [1.165, 1.54) is 0 Å². The van der Waals surface area contributed by atoms with Crippen molar-refractivity contribution in [1.82, 2.24) is 9.97 Å². The van der Waals surface area contributed by atoms with Gasteiger partial charge >= 0.3 is 0 Å². The molecule has 0 N–H and O–H groups in total. The zero-order valence-electron chi connectivity index (χ0n) is 9.35. The van der Waals surface area contributed by atoms with E-state index in [4.69, 9.17) is 46.4 Å². The lowest BCUT2D eigenvalue weighted by molar-refractivity contribution is 0.956. The van der Waals surface area contributed by atoms with Crippen LogP contribution in [-0.4, -0.2) is 9.97 Å². The summed E-state index contributed by atoms with van der Waals surface area (Å²) in [5.41, 5.74) is 1.62. The van der Waals surface area contributed by atoms with Crippen LogP contribution >= 0.6 is 46.4 Å². The van der Waals surface area contributed by atoms with Gasteiger partial charge < -0.3 is 0 Å². The van der Waals surface area contributed by atoms with E-state index in [-0.39, 0.29) is 0 Å². The summed E-state index contributed by atoms with van der Waals surface area (Å²) in [6, 6.07) is 5.37. The van der Waals surface area contributed by atoms with Gasteiger partial charge in [-0.05, 0) is 24.6 Å². The van der Waals surface area contributed by atoms with Crippen LogP contribution in [0.3, 0.4) is 0 Å². The second-order valence-electron chi connectivity index (χ2n) is 3.77. The molecule has 1 aromatic heterocycles. The number of hydrogen-bond donors (Lipinski definition) is 0. The highest BCUT2D eigenvalue weighted by molar-refractivity contribution is 6.42. The number of benzene rings is 1. The summed E-state index contributed by atoms with van der Waals surface area (Å²) in [4.78, 5) is 8.35. The van der Waals surface area contributed by atoms with E-state index >= 15 is 0 Å². The Kier molecular flexibility index (Phi) is 4.33. The predicted octanol–water partition coefficient (Wildman–Crippen LogP) is 4.99. The third kappa shape index (κ3) is 3.07. The predicted molar refractivity (Wildman–Crippen MR) is 76.1 cm³/mol.